The van der Waals surface area contributed by atoms with Crippen LogP contribution < -0.4 is 19.5 Å². The van der Waals surface area contributed by atoms with Gasteiger partial charge in [-0.2, -0.15) is 4.98 Å². The Kier molecular flexibility index (Phi) is 5.08. The number of anilines is 1. The number of carbonyl (C=O) groups excluding carboxylic acids is 1. The van der Waals surface area contributed by atoms with Gasteiger partial charge in [0.15, 0.2) is 11.5 Å². The van der Waals surface area contributed by atoms with E-state index in [1.54, 1.807) is 22.7 Å². The number of ether oxygens (including phenoxy) is 3. The topological polar surface area (TPSA) is 87.0 Å². The van der Waals surface area contributed by atoms with Crippen molar-refractivity contribution in [1.82, 2.24) is 14.6 Å². The number of fused-ring (bicyclic) bond motifs is 1. The Hall–Kier alpha value is -3.07. The molecule has 0 atom stereocenters. The van der Waals surface area contributed by atoms with Crippen molar-refractivity contribution in [1.29, 1.82) is 0 Å². The molecule has 2 heterocycles. The van der Waals surface area contributed by atoms with Gasteiger partial charge in [-0.1, -0.05) is 0 Å². The van der Waals surface area contributed by atoms with Gasteiger partial charge in [0.25, 0.3) is 11.9 Å². The van der Waals surface area contributed by atoms with Gasteiger partial charge in [-0.3, -0.25) is 10.1 Å². The average molecular weight is 374 g/mol. The zero-order valence-corrected chi connectivity index (χ0v) is 15.6. The van der Waals surface area contributed by atoms with E-state index in [-0.39, 0.29) is 11.9 Å². The highest BCUT2D eigenvalue weighted by Crippen LogP contribution is 2.38. The Morgan fingerprint density at radius 3 is 2.46 bits per heavy atom. The first-order valence-electron chi connectivity index (χ1n) is 7.65. The number of aryl methyl sites for hydroxylation is 1. The molecular formula is C17H18N4O4S. The van der Waals surface area contributed by atoms with E-state index in [1.165, 1.54) is 38.7 Å². The molecule has 0 bridgehead atoms. The fraction of sp³-hybridized carbons (Fsp3) is 0.235. The first-order chi connectivity index (χ1) is 12.5. The van der Waals surface area contributed by atoms with Crippen LogP contribution in [0.2, 0.25) is 0 Å². The SMILES string of the molecule is COc1cc(/C=C/C(=O)Nc2nc3scc(C)n3n2)cc(OC)c1OC. The van der Waals surface area contributed by atoms with Gasteiger partial charge in [-0.15, -0.1) is 16.4 Å². The van der Waals surface area contributed by atoms with E-state index < -0.39 is 0 Å². The molecule has 8 nitrogen and oxygen atoms in total. The van der Waals surface area contributed by atoms with E-state index in [2.05, 4.69) is 15.4 Å². The minimum Gasteiger partial charge on any atom is -0.493 e. The van der Waals surface area contributed by atoms with Crippen molar-refractivity contribution in [2.45, 2.75) is 6.92 Å². The monoisotopic (exact) mass is 374 g/mol. The van der Waals surface area contributed by atoms with Gasteiger partial charge < -0.3 is 14.2 Å². The van der Waals surface area contributed by atoms with Crippen LogP contribution in [0.4, 0.5) is 5.95 Å². The highest BCUT2D eigenvalue weighted by Gasteiger charge is 2.13. The number of hydrogen-bond donors (Lipinski definition) is 1. The fourth-order valence-corrected chi connectivity index (χ4v) is 3.17. The van der Waals surface area contributed by atoms with Crippen molar-refractivity contribution in [3.63, 3.8) is 0 Å². The summed E-state index contributed by atoms with van der Waals surface area (Å²) >= 11 is 1.46. The highest BCUT2D eigenvalue weighted by atomic mass is 32.1. The van der Waals surface area contributed by atoms with E-state index in [9.17, 15) is 4.79 Å². The van der Waals surface area contributed by atoms with Gasteiger partial charge in [-0.05, 0) is 30.7 Å². The number of nitrogens with zero attached hydrogens (tertiary/aromatic N) is 3. The number of carbonyl (C=O) groups is 1. The zero-order valence-electron chi connectivity index (χ0n) is 14.8. The molecule has 1 amide bonds. The molecule has 26 heavy (non-hydrogen) atoms. The van der Waals surface area contributed by atoms with E-state index in [0.717, 1.165) is 16.2 Å². The molecule has 0 aliphatic carbocycles. The summed E-state index contributed by atoms with van der Waals surface area (Å²) in [4.78, 5) is 17.1. The number of rotatable bonds is 6. The van der Waals surface area contributed by atoms with Crippen molar-refractivity contribution in [2.75, 3.05) is 26.6 Å². The highest BCUT2D eigenvalue weighted by molar-refractivity contribution is 7.15. The molecule has 0 aliphatic heterocycles. The lowest BCUT2D eigenvalue weighted by Crippen LogP contribution is -2.09. The normalized spacial score (nSPS) is 11.1. The van der Waals surface area contributed by atoms with Crippen molar-refractivity contribution in [2.24, 2.45) is 0 Å². The number of benzene rings is 1. The van der Waals surface area contributed by atoms with Crippen LogP contribution in [0.1, 0.15) is 11.3 Å². The summed E-state index contributed by atoms with van der Waals surface area (Å²) in [7, 11) is 4.61. The maximum atomic E-state index is 12.1. The Labute approximate surface area is 154 Å². The second kappa shape index (κ2) is 7.44. The molecule has 1 aromatic carbocycles. The Bertz CT molecular complexity index is 951. The van der Waals surface area contributed by atoms with Crippen LogP contribution in [0, 0.1) is 6.92 Å². The van der Waals surface area contributed by atoms with Crippen LogP contribution in [0.3, 0.4) is 0 Å². The lowest BCUT2D eigenvalue weighted by Gasteiger charge is -2.12. The van der Waals surface area contributed by atoms with Gasteiger partial charge >= 0.3 is 0 Å². The largest absolute Gasteiger partial charge is 0.493 e. The molecule has 1 N–H and O–H groups in total. The molecule has 0 unspecified atom stereocenters. The smallest absolute Gasteiger partial charge is 0.250 e. The van der Waals surface area contributed by atoms with Crippen LogP contribution >= 0.6 is 11.3 Å². The summed E-state index contributed by atoms with van der Waals surface area (Å²) in [6, 6.07) is 3.50. The molecule has 0 aliphatic rings. The lowest BCUT2D eigenvalue weighted by atomic mass is 10.1. The molecule has 136 valence electrons. The predicted molar refractivity (Wildman–Crippen MR) is 99.4 cm³/mol. The summed E-state index contributed by atoms with van der Waals surface area (Å²) in [5.74, 6) is 1.44. The molecule has 0 saturated heterocycles. The number of methoxy groups -OCH3 is 3. The van der Waals surface area contributed by atoms with Crippen molar-refractivity contribution in [3.05, 3.63) is 34.8 Å². The maximum absolute atomic E-state index is 12.1. The van der Waals surface area contributed by atoms with Crippen LogP contribution in [-0.2, 0) is 4.79 Å². The molecule has 0 fully saturated rings. The number of aromatic nitrogens is 3. The van der Waals surface area contributed by atoms with Crippen molar-refractivity contribution >= 4 is 34.2 Å². The number of amides is 1. The summed E-state index contributed by atoms with van der Waals surface area (Å²) in [6.07, 6.45) is 3.03. The Balaban J connectivity index is 1.77. The first-order valence-corrected chi connectivity index (χ1v) is 8.53. The molecule has 9 heteroatoms. The summed E-state index contributed by atoms with van der Waals surface area (Å²) in [6.45, 7) is 1.92. The third-order valence-electron chi connectivity index (χ3n) is 3.60. The average Bonchev–Trinajstić information content (AvgIpc) is 3.20. The van der Waals surface area contributed by atoms with Gasteiger partial charge in [0.2, 0.25) is 10.7 Å². The van der Waals surface area contributed by atoms with Crippen molar-refractivity contribution < 1.29 is 19.0 Å². The molecule has 3 rings (SSSR count). The lowest BCUT2D eigenvalue weighted by molar-refractivity contribution is -0.111. The first kappa shape index (κ1) is 17.7. The molecule has 0 radical (unpaired) electrons. The van der Waals surface area contributed by atoms with Crippen molar-refractivity contribution in [3.8, 4) is 17.2 Å². The second-order valence-electron chi connectivity index (χ2n) is 5.29. The van der Waals surface area contributed by atoms with Gasteiger partial charge in [0.1, 0.15) is 0 Å². The van der Waals surface area contributed by atoms with Crippen LogP contribution in [-0.4, -0.2) is 41.8 Å². The minimum atomic E-state index is -0.338. The quantitative estimate of drug-likeness (QED) is 0.668. The third kappa shape index (κ3) is 3.47. The number of nitrogens with one attached hydrogen (secondary N) is 1. The molecule has 2 aromatic heterocycles. The zero-order chi connectivity index (χ0) is 18.7. The maximum Gasteiger partial charge on any atom is 0.250 e. The molecule has 3 aromatic rings. The van der Waals surface area contributed by atoms with Gasteiger partial charge in [0.05, 0.1) is 27.0 Å². The standard InChI is InChI=1S/C17H18N4O4S/c1-10-9-26-17-19-16(20-21(10)17)18-14(22)6-5-11-7-12(23-2)15(25-4)13(8-11)24-3/h5-9H,1-4H3,(H,18,20,22)/b6-5+. The summed E-state index contributed by atoms with van der Waals surface area (Å²) in [5, 5.41) is 8.83. The van der Waals surface area contributed by atoms with E-state index in [1.807, 2.05) is 12.3 Å². The molecular weight excluding hydrogens is 356 g/mol. The van der Waals surface area contributed by atoms with Crippen LogP contribution in [0.15, 0.2) is 23.6 Å². The number of hydrogen-bond acceptors (Lipinski definition) is 7. The van der Waals surface area contributed by atoms with E-state index >= 15 is 0 Å². The molecule has 0 saturated carbocycles. The van der Waals surface area contributed by atoms with E-state index in [0.29, 0.717) is 17.2 Å². The second-order valence-corrected chi connectivity index (χ2v) is 6.12. The minimum absolute atomic E-state index is 0.263. The fourth-order valence-electron chi connectivity index (χ4n) is 2.37. The predicted octanol–water partition coefficient (Wildman–Crippen LogP) is 2.78. The summed E-state index contributed by atoms with van der Waals surface area (Å²) in [5.41, 5.74) is 1.69. The number of thiazole rings is 1. The van der Waals surface area contributed by atoms with E-state index in [4.69, 9.17) is 14.2 Å². The molecule has 0 spiro atoms. The van der Waals surface area contributed by atoms with Gasteiger partial charge in [0, 0.05) is 11.5 Å². The summed E-state index contributed by atoms with van der Waals surface area (Å²) < 4.78 is 17.6. The van der Waals surface area contributed by atoms with Crippen LogP contribution in [0.5, 0.6) is 17.2 Å². The van der Waals surface area contributed by atoms with Crippen LogP contribution in [0.25, 0.3) is 11.0 Å². The Morgan fingerprint density at radius 2 is 1.88 bits per heavy atom. The van der Waals surface area contributed by atoms with Gasteiger partial charge in [-0.25, -0.2) is 4.52 Å². The Morgan fingerprint density at radius 1 is 1.19 bits per heavy atom. The third-order valence-corrected chi connectivity index (χ3v) is 4.53.